The third kappa shape index (κ3) is 2.65. The van der Waals surface area contributed by atoms with Crippen LogP contribution in [0.1, 0.15) is 16.3 Å². The van der Waals surface area contributed by atoms with Crippen molar-refractivity contribution in [3.8, 4) is 0 Å². The van der Waals surface area contributed by atoms with E-state index in [0.29, 0.717) is 11.6 Å². The number of amides is 1. The lowest BCUT2D eigenvalue weighted by molar-refractivity contribution is 0.0945. The summed E-state index contributed by atoms with van der Waals surface area (Å²) in [5, 5.41) is 10.8. The number of aromatic amines is 1. The molecule has 0 bridgehead atoms. The number of nitrogen functional groups attached to an aromatic ring is 1. The van der Waals surface area contributed by atoms with Crippen molar-refractivity contribution in [3.05, 3.63) is 48.2 Å². The van der Waals surface area contributed by atoms with E-state index in [-0.39, 0.29) is 18.1 Å². The van der Waals surface area contributed by atoms with Gasteiger partial charge >= 0.3 is 0 Å². The van der Waals surface area contributed by atoms with Crippen molar-refractivity contribution in [2.24, 2.45) is 5.84 Å². The van der Waals surface area contributed by atoms with Crippen LogP contribution in [0.25, 0.3) is 10.8 Å². The number of nitrogens with zero attached hydrogens (tertiary/aromatic N) is 3. The standard InChI is InChI=1S/C13H13N7O/c14-19-12-9-4-2-1-3-8(9)5-10(18-12)13(21)15-6-11-16-7-17-20-11/h1-5,7H,6,14H2,(H,15,21)(H,18,19)(H,16,17,20). The molecule has 0 saturated carbocycles. The largest absolute Gasteiger partial charge is 0.343 e. The van der Waals surface area contributed by atoms with E-state index < -0.39 is 0 Å². The van der Waals surface area contributed by atoms with Gasteiger partial charge in [0.1, 0.15) is 23.7 Å². The summed E-state index contributed by atoms with van der Waals surface area (Å²) in [6, 6.07) is 9.26. The van der Waals surface area contributed by atoms with Crippen LogP contribution in [-0.4, -0.2) is 26.1 Å². The number of carbonyl (C=O) groups excluding carboxylic acids is 1. The molecule has 0 aliphatic heterocycles. The van der Waals surface area contributed by atoms with Crippen molar-refractivity contribution in [3.63, 3.8) is 0 Å². The molecule has 5 N–H and O–H groups in total. The Balaban J connectivity index is 1.87. The smallest absolute Gasteiger partial charge is 0.270 e. The Labute approximate surface area is 119 Å². The van der Waals surface area contributed by atoms with Gasteiger partial charge in [-0.15, -0.1) is 0 Å². The lowest BCUT2D eigenvalue weighted by atomic mass is 10.1. The van der Waals surface area contributed by atoms with E-state index in [0.717, 1.165) is 10.8 Å². The maximum absolute atomic E-state index is 12.1. The Kier molecular flexibility index (Phi) is 3.44. The van der Waals surface area contributed by atoms with Crippen molar-refractivity contribution < 1.29 is 4.79 Å². The topological polar surface area (TPSA) is 122 Å². The zero-order chi connectivity index (χ0) is 14.7. The molecule has 2 heterocycles. The molecule has 0 saturated heterocycles. The van der Waals surface area contributed by atoms with Crippen LogP contribution < -0.4 is 16.6 Å². The molecule has 3 aromatic rings. The van der Waals surface area contributed by atoms with Gasteiger partial charge in [-0.05, 0) is 11.5 Å². The summed E-state index contributed by atoms with van der Waals surface area (Å²) in [7, 11) is 0. The van der Waals surface area contributed by atoms with Crippen LogP contribution in [0.5, 0.6) is 0 Å². The monoisotopic (exact) mass is 283 g/mol. The number of rotatable bonds is 4. The number of aromatic nitrogens is 4. The first-order chi connectivity index (χ1) is 10.3. The van der Waals surface area contributed by atoms with Gasteiger partial charge in [-0.2, -0.15) is 5.10 Å². The van der Waals surface area contributed by atoms with E-state index >= 15 is 0 Å². The van der Waals surface area contributed by atoms with Gasteiger partial charge in [0, 0.05) is 5.39 Å². The Morgan fingerprint density at radius 1 is 1.33 bits per heavy atom. The molecule has 8 nitrogen and oxygen atoms in total. The van der Waals surface area contributed by atoms with Crippen molar-refractivity contribution in [2.45, 2.75) is 6.54 Å². The van der Waals surface area contributed by atoms with Gasteiger partial charge in [-0.25, -0.2) is 15.8 Å². The zero-order valence-electron chi connectivity index (χ0n) is 11.0. The van der Waals surface area contributed by atoms with Gasteiger partial charge in [0.05, 0.1) is 6.54 Å². The number of nitrogens with two attached hydrogens (primary N) is 1. The predicted octanol–water partition coefficient (Wildman–Crippen LogP) is 0.569. The molecule has 1 amide bonds. The predicted molar refractivity (Wildman–Crippen MR) is 77.1 cm³/mol. The highest BCUT2D eigenvalue weighted by molar-refractivity contribution is 6.00. The Hall–Kier alpha value is -3.00. The average molecular weight is 283 g/mol. The summed E-state index contributed by atoms with van der Waals surface area (Å²) in [6.45, 7) is 0.249. The first-order valence-corrected chi connectivity index (χ1v) is 6.27. The third-order valence-corrected chi connectivity index (χ3v) is 2.99. The van der Waals surface area contributed by atoms with Crippen LogP contribution in [0.4, 0.5) is 5.82 Å². The third-order valence-electron chi connectivity index (χ3n) is 2.99. The van der Waals surface area contributed by atoms with Gasteiger partial charge in [0.15, 0.2) is 0 Å². The fourth-order valence-corrected chi connectivity index (χ4v) is 2.00. The number of carbonyl (C=O) groups is 1. The van der Waals surface area contributed by atoms with Crippen LogP contribution in [-0.2, 0) is 6.54 Å². The summed E-state index contributed by atoms with van der Waals surface area (Å²) in [6.07, 6.45) is 1.38. The van der Waals surface area contributed by atoms with Crippen molar-refractivity contribution >= 4 is 22.5 Å². The van der Waals surface area contributed by atoms with Crippen LogP contribution >= 0.6 is 0 Å². The summed E-state index contributed by atoms with van der Waals surface area (Å²) in [4.78, 5) is 20.3. The van der Waals surface area contributed by atoms with E-state index in [1.807, 2.05) is 24.3 Å². The molecule has 0 fully saturated rings. The number of benzene rings is 1. The molecular weight excluding hydrogens is 270 g/mol. The van der Waals surface area contributed by atoms with E-state index in [1.54, 1.807) is 6.07 Å². The molecule has 3 rings (SSSR count). The number of hydrogen-bond donors (Lipinski definition) is 4. The maximum Gasteiger partial charge on any atom is 0.270 e. The SMILES string of the molecule is NNc1nc(C(=O)NCc2ncn[nH]2)cc2ccccc12. The summed E-state index contributed by atoms with van der Waals surface area (Å²) in [5.74, 6) is 6.18. The maximum atomic E-state index is 12.1. The fourth-order valence-electron chi connectivity index (χ4n) is 2.00. The van der Waals surface area contributed by atoms with E-state index in [1.165, 1.54) is 6.33 Å². The first kappa shape index (κ1) is 13.0. The van der Waals surface area contributed by atoms with Gasteiger partial charge in [0.2, 0.25) is 0 Å². The number of H-pyrrole nitrogens is 1. The van der Waals surface area contributed by atoms with Gasteiger partial charge in [-0.1, -0.05) is 24.3 Å². The normalized spacial score (nSPS) is 10.5. The van der Waals surface area contributed by atoms with E-state index in [4.69, 9.17) is 5.84 Å². The highest BCUT2D eigenvalue weighted by Gasteiger charge is 2.11. The lowest BCUT2D eigenvalue weighted by Crippen LogP contribution is -2.25. The summed E-state index contributed by atoms with van der Waals surface area (Å²) in [5.41, 5.74) is 2.79. The molecule has 0 aliphatic carbocycles. The second-order valence-electron chi connectivity index (χ2n) is 4.34. The number of fused-ring (bicyclic) bond motifs is 1. The van der Waals surface area contributed by atoms with E-state index in [9.17, 15) is 4.79 Å². The summed E-state index contributed by atoms with van der Waals surface area (Å²) < 4.78 is 0. The highest BCUT2D eigenvalue weighted by Crippen LogP contribution is 2.21. The number of hydrazine groups is 1. The molecule has 2 aromatic heterocycles. The molecular formula is C13H13N7O. The Bertz CT molecular complexity index is 769. The van der Waals surface area contributed by atoms with Gasteiger partial charge in [0.25, 0.3) is 5.91 Å². The summed E-state index contributed by atoms with van der Waals surface area (Å²) >= 11 is 0. The molecule has 0 spiro atoms. The lowest BCUT2D eigenvalue weighted by Gasteiger charge is -2.08. The number of anilines is 1. The molecule has 21 heavy (non-hydrogen) atoms. The van der Waals surface area contributed by atoms with Crippen LogP contribution in [0.2, 0.25) is 0 Å². The van der Waals surface area contributed by atoms with Crippen LogP contribution in [0.3, 0.4) is 0 Å². The zero-order valence-corrected chi connectivity index (χ0v) is 11.0. The fraction of sp³-hybridized carbons (Fsp3) is 0.0769. The van der Waals surface area contributed by atoms with Crippen LogP contribution in [0.15, 0.2) is 36.7 Å². The minimum atomic E-state index is -0.311. The molecule has 0 aliphatic rings. The van der Waals surface area contributed by atoms with Crippen molar-refractivity contribution in [1.82, 2.24) is 25.5 Å². The number of nitrogens with one attached hydrogen (secondary N) is 3. The van der Waals surface area contributed by atoms with Crippen molar-refractivity contribution in [2.75, 3.05) is 5.43 Å². The van der Waals surface area contributed by atoms with Gasteiger partial charge < -0.3 is 10.7 Å². The van der Waals surface area contributed by atoms with E-state index in [2.05, 4.69) is 30.9 Å². The number of pyridine rings is 1. The first-order valence-electron chi connectivity index (χ1n) is 6.27. The Morgan fingerprint density at radius 2 is 2.19 bits per heavy atom. The quantitative estimate of drug-likeness (QED) is 0.410. The minimum Gasteiger partial charge on any atom is -0.343 e. The Morgan fingerprint density at radius 3 is 2.95 bits per heavy atom. The van der Waals surface area contributed by atoms with Gasteiger partial charge in [-0.3, -0.25) is 9.89 Å². The minimum absolute atomic E-state index is 0.249. The van der Waals surface area contributed by atoms with Crippen LogP contribution in [0, 0.1) is 0 Å². The number of hydrogen-bond acceptors (Lipinski definition) is 6. The molecule has 0 unspecified atom stereocenters. The molecule has 0 radical (unpaired) electrons. The molecule has 8 heteroatoms. The van der Waals surface area contributed by atoms with Crippen molar-refractivity contribution in [1.29, 1.82) is 0 Å². The highest BCUT2D eigenvalue weighted by atomic mass is 16.1. The molecule has 0 atom stereocenters. The second kappa shape index (κ2) is 5.55. The molecule has 106 valence electrons. The average Bonchev–Trinajstić information content (AvgIpc) is 3.04. The molecule has 1 aromatic carbocycles. The second-order valence-corrected chi connectivity index (χ2v) is 4.34.